The summed E-state index contributed by atoms with van der Waals surface area (Å²) in [4.78, 5) is 27.1. The van der Waals surface area contributed by atoms with Gasteiger partial charge in [-0.3, -0.25) is 19.3 Å². The molecule has 2 N–H and O–H groups in total. The molecular formula is C23H22N4O5. The average Bonchev–Trinajstić information content (AvgIpc) is 3.11. The van der Waals surface area contributed by atoms with Gasteiger partial charge in [-0.25, -0.2) is 0 Å². The summed E-state index contributed by atoms with van der Waals surface area (Å²) >= 11 is 0. The lowest BCUT2D eigenvalue weighted by Crippen LogP contribution is -2.21. The Labute approximate surface area is 183 Å². The highest BCUT2D eigenvalue weighted by atomic mass is 16.5. The Morgan fingerprint density at radius 2 is 1.81 bits per heavy atom. The van der Waals surface area contributed by atoms with Crippen LogP contribution in [0.25, 0.3) is 21.8 Å². The zero-order valence-corrected chi connectivity index (χ0v) is 17.7. The first-order valence-electron chi connectivity index (χ1n) is 10.1. The second kappa shape index (κ2) is 8.93. The number of aryl methyl sites for hydroxylation is 1. The molecule has 2 aromatic carbocycles. The summed E-state index contributed by atoms with van der Waals surface area (Å²) in [5, 5.41) is 17.3. The van der Waals surface area contributed by atoms with E-state index < -0.39 is 5.97 Å². The van der Waals surface area contributed by atoms with Gasteiger partial charge >= 0.3 is 5.97 Å². The maximum absolute atomic E-state index is 12.1. The standard InChI is InChI=1S/C23H22N4O5/c1-24-23(30)22-17-8-6-15(13-19(17)26-27(22)2)32-20-9-10-25-18-12-14(5-7-16(18)20)31-11-3-4-21(28)29/h5-10,12-13H,3-4,11H2,1-2H3,(H,24,30)(H,28,29). The third-order valence-electron chi connectivity index (χ3n) is 4.95. The molecule has 0 saturated carbocycles. The number of carboxylic acids is 1. The molecule has 2 heterocycles. The molecule has 2 aromatic heterocycles. The monoisotopic (exact) mass is 434 g/mol. The van der Waals surface area contributed by atoms with Crippen molar-refractivity contribution in [1.82, 2.24) is 20.1 Å². The molecule has 0 aliphatic rings. The minimum absolute atomic E-state index is 0.0645. The number of nitrogens with one attached hydrogen (secondary N) is 1. The second-order valence-electron chi connectivity index (χ2n) is 7.17. The number of amides is 1. The van der Waals surface area contributed by atoms with Gasteiger partial charge in [0.2, 0.25) is 0 Å². The van der Waals surface area contributed by atoms with Crippen molar-refractivity contribution in [2.75, 3.05) is 13.7 Å². The number of carbonyl (C=O) groups excluding carboxylic acids is 1. The quantitative estimate of drug-likeness (QED) is 0.408. The molecule has 0 aliphatic carbocycles. The Morgan fingerprint density at radius 3 is 2.59 bits per heavy atom. The Kier molecular flexibility index (Phi) is 5.89. The Balaban J connectivity index is 1.56. The van der Waals surface area contributed by atoms with E-state index in [2.05, 4.69) is 15.4 Å². The zero-order chi connectivity index (χ0) is 22.7. The minimum atomic E-state index is -0.843. The van der Waals surface area contributed by atoms with Gasteiger partial charge in [0, 0.05) is 49.6 Å². The summed E-state index contributed by atoms with van der Waals surface area (Å²) in [6.07, 6.45) is 2.14. The molecule has 0 spiro atoms. The van der Waals surface area contributed by atoms with Gasteiger partial charge in [0.25, 0.3) is 5.91 Å². The molecule has 9 heteroatoms. The SMILES string of the molecule is CNC(=O)c1c2ccc(Oc3ccnc4cc(OCCCC(=O)O)ccc34)cc2nn1C. The Bertz CT molecular complexity index is 1310. The van der Waals surface area contributed by atoms with E-state index in [9.17, 15) is 9.59 Å². The molecule has 4 rings (SSSR count). The number of pyridine rings is 1. The molecule has 4 aromatic rings. The summed E-state index contributed by atoms with van der Waals surface area (Å²) in [6, 6.07) is 12.6. The van der Waals surface area contributed by atoms with Crippen LogP contribution in [-0.2, 0) is 11.8 Å². The molecule has 0 bridgehead atoms. The minimum Gasteiger partial charge on any atom is -0.494 e. The highest BCUT2D eigenvalue weighted by molar-refractivity contribution is 6.05. The summed E-state index contributed by atoms with van der Waals surface area (Å²) in [6.45, 7) is 0.316. The number of aromatic nitrogens is 3. The van der Waals surface area contributed by atoms with Crippen LogP contribution in [0.1, 0.15) is 23.3 Å². The number of aliphatic carboxylic acids is 1. The fraction of sp³-hybridized carbons (Fsp3) is 0.217. The number of nitrogens with zero attached hydrogens (tertiary/aromatic N) is 3. The van der Waals surface area contributed by atoms with Crippen LogP contribution in [0, 0.1) is 0 Å². The van der Waals surface area contributed by atoms with Crippen LogP contribution in [0.2, 0.25) is 0 Å². The molecular weight excluding hydrogens is 412 g/mol. The second-order valence-corrected chi connectivity index (χ2v) is 7.17. The maximum Gasteiger partial charge on any atom is 0.303 e. The normalized spacial score (nSPS) is 10.9. The predicted molar refractivity (Wildman–Crippen MR) is 118 cm³/mol. The van der Waals surface area contributed by atoms with Gasteiger partial charge in [-0.1, -0.05) is 0 Å². The van der Waals surface area contributed by atoms with Crippen molar-refractivity contribution in [3.8, 4) is 17.2 Å². The third kappa shape index (κ3) is 4.31. The van der Waals surface area contributed by atoms with Gasteiger partial charge in [-0.2, -0.15) is 5.10 Å². The lowest BCUT2D eigenvalue weighted by molar-refractivity contribution is -0.137. The van der Waals surface area contributed by atoms with Crippen molar-refractivity contribution in [2.45, 2.75) is 12.8 Å². The van der Waals surface area contributed by atoms with Crippen LogP contribution in [-0.4, -0.2) is 45.4 Å². The van der Waals surface area contributed by atoms with Crippen LogP contribution in [0.4, 0.5) is 0 Å². The van der Waals surface area contributed by atoms with Gasteiger partial charge < -0.3 is 19.9 Å². The van der Waals surface area contributed by atoms with Crippen LogP contribution in [0.15, 0.2) is 48.7 Å². The Morgan fingerprint density at radius 1 is 1.06 bits per heavy atom. The highest BCUT2D eigenvalue weighted by Crippen LogP contribution is 2.32. The smallest absolute Gasteiger partial charge is 0.303 e. The van der Waals surface area contributed by atoms with E-state index >= 15 is 0 Å². The van der Waals surface area contributed by atoms with Crippen LogP contribution < -0.4 is 14.8 Å². The van der Waals surface area contributed by atoms with Crippen LogP contribution in [0.5, 0.6) is 17.2 Å². The van der Waals surface area contributed by atoms with Gasteiger partial charge in [0.05, 0.1) is 17.6 Å². The van der Waals surface area contributed by atoms with Crippen molar-refractivity contribution < 1.29 is 24.2 Å². The van der Waals surface area contributed by atoms with Gasteiger partial charge in [-0.05, 0) is 36.8 Å². The average molecular weight is 434 g/mol. The molecule has 0 saturated heterocycles. The first kappa shape index (κ1) is 21.1. The largest absolute Gasteiger partial charge is 0.494 e. The third-order valence-corrected chi connectivity index (χ3v) is 4.95. The number of fused-ring (bicyclic) bond motifs is 2. The van der Waals surface area contributed by atoms with Crippen LogP contribution in [0.3, 0.4) is 0 Å². The van der Waals surface area contributed by atoms with Gasteiger partial charge in [0.1, 0.15) is 22.9 Å². The predicted octanol–water partition coefficient (Wildman–Crippen LogP) is 3.52. The van der Waals surface area contributed by atoms with E-state index in [1.54, 1.807) is 55.3 Å². The number of benzene rings is 2. The van der Waals surface area contributed by atoms with E-state index in [1.807, 2.05) is 12.1 Å². The maximum atomic E-state index is 12.1. The van der Waals surface area contributed by atoms with Crippen molar-refractivity contribution in [2.24, 2.45) is 7.05 Å². The Hall–Kier alpha value is -4.14. The van der Waals surface area contributed by atoms with Crippen molar-refractivity contribution in [3.05, 3.63) is 54.4 Å². The first-order chi connectivity index (χ1) is 15.5. The van der Waals surface area contributed by atoms with Crippen LogP contribution >= 0.6 is 0 Å². The lowest BCUT2D eigenvalue weighted by Gasteiger charge is -2.10. The number of rotatable bonds is 8. The summed E-state index contributed by atoms with van der Waals surface area (Å²) in [5.74, 6) is 0.771. The van der Waals surface area contributed by atoms with Gasteiger partial charge in [0.15, 0.2) is 0 Å². The van der Waals surface area contributed by atoms with E-state index in [-0.39, 0.29) is 12.3 Å². The molecule has 0 aliphatic heterocycles. The van der Waals surface area contributed by atoms with E-state index in [0.29, 0.717) is 47.0 Å². The van der Waals surface area contributed by atoms with E-state index in [1.165, 1.54) is 0 Å². The zero-order valence-electron chi connectivity index (χ0n) is 17.7. The molecule has 0 radical (unpaired) electrons. The number of hydrogen-bond donors (Lipinski definition) is 2. The van der Waals surface area contributed by atoms with Gasteiger partial charge in [-0.15, -0.1) is 0 Å². The molecule has 9 nitrogen and oxygen atoms in total. The molecule has 164 valence electrons. The fourth-order valence-corrected chi connectivity index (χ4v) is 3.45. The molecule has 0 fully saturated rings. The summed E-state index contributed by atoms with van der Waals surface area (Å²) in [7, 11) is 3.31. The number of carboxylic acid groups (broad SMARTS) is 1. The molecule has 32 heavy (non-hydrogen) atoms. The van der Waals surface area contributed by atoms with E-state index in [4.69, 9.17) is 14.6 Å². The fourth-order valence-electron chi connectivity index (χ4n) is 3.45. The molecule has 0 unspecified atom stereocenters. The van der Waals surface area contributed by atoms with Crippen molar-refractivity contribution in [1.29, 1.82) is 0 Å². The summed E-state index contributed by atoms with van der Waals surface area (Å²) < 4.78 is 13.3. The number of ether oxygens (including phenoxy) is 2. The number of carbonyl (C=O) groups is 2. The molecule has 0 atom stereocenters. The summed E-state index contributed by atoms with van der Waals surface area (Å²) in [5.41, 5.74) is 1.83. The number of hydrogen-bond acceptors (Lipinski definition) is 6. The topological polar surface area (TPSA) is 116 Å². The van der Waals surface area contributed by atoms with Crippen molar-refractivity contribution in [3.63, 3.8) is 0 Å². The lowest BCUT2D eigenvalue weighted by atomic mass is 10.2. The molecule has 1 amide bonds. The van der Waals surface area contributed by atoms with Crippen molar-refractivity contribution >= 4 is 33.7 Å². The first-order valence-corrected chi connectivity index (χ1v) is 10.1. The highest BCUT2D eigenvalue weighted by Gasteiger charge is 2.16. The van der Waals surface area contributed by atoms with E-state index in [0.717, 1.165) is 10.8 Å².